The third kappa shape index (κ3) is 2.99. The molecule has 2 atom stereocenters. The monoisotopic (exact) mass is 306 g/mol. The molecule has 0 aromatic carbocycles. The number of rotatable bonds is 4. The Kier molecular flexibility index (Phi) is 4.42. The molecule has 2 N–H and O–H groups in total. The Labute approximate surface area is 129 Å². The standard InChI is InChI=1S/C15H22N4O3/c20-9-12-3-1-2-5-19(12)14-7-13(16-10-17-14)18-6-4-11(8-18)15(21)22/h7,10-12,20H,1-6,8-9H2,(H,21,22). The fourth-order valence-electron chi connectivity index (χ4n) is 3.33. The normalized spacial score (nSPS) is 25.5. The third-order valence-corrected chi connectivity index (χ3v) is 4.63. The van der Waals surface area contributed by atoms with E-state index in [9.17, 15) is 9.90 Å². The van der Waals surface area contributed by atoms with E-state index in [1.54, 1.807) is 0 Å². The number of hydrogen-bond acceptors (Lipinski definition) is 6. The van der Waals surface area contributed by atoms with Crippen LogP contribution in [0.15, 0.2) is 12.4 Å². The Morgan fingerprint density at radius 2 is 2.05 bits per heavy atom. The molecule has 2 aliphatic heterocycles. The first-order chi connectivity index (χ1) is 10.7. The Morgan fingerprint density at radius 3 is 2.77 bits per heavy atom. The molecule has 7 nitrogen and oxygen atoms in total. The number of aliphatic carboxylic acids is 1. The summed E-state index contributed by atoms with van der Waals surface area (Å²) in [6.07, 6.45) is 5.38. The van der Waals surface area contributed by atoms with Crippen LogP contribution in [0, 0.1) is 5.92 Å². The molecule has 2 saturated heterocycles. The minimum atomic E-state index is -0.742. The predicted octanol–water partition coefficient (Wildman–Crippen LogP) is 0.739. The van der Waals surface area contributed by atoms with Crippen molar-refractivity contribution in [3.8, 4) is 0 Å². The molecule has 0 bridgehead atoms. The average Bonchev–Trinajstić information content (AvgIpc) is 3.05. The molecule has 22 heavy (non-hydrogen) atoms. The van der Waals surface area contributed by atoms with Gasteiger partial charge in [0.15, 0.2) is 0 Å². The van der Waals surface area contributed by atoms with E-state index in [-0.39, 0.29) is 18.6 Å². The van der Waals surface area contributed by atoms with Crippen molar-refractivity contribution in [2.24, 2.45) is 5.92 Å². The van der Waals surface area contributed by atoms with Crippen LogP contribution in [-0.2, 0) is 4.79 Å². The van der Waals surface area contributed by atoms with Gasteiger partial charge in [-0.15, -0.1) is 0 Å². The zero-order valence-electron chi connectivity index (χ0n) is 12.6. The van der Waals surface area contributed by atoms with Crippen LogP contribution in [-0.4, -0.2) is 58.4 Å². The van der Waals surface area contributed by atoms with Crippen LogP contribution in [0.4, 0.5) is 11.6 Å². The summed E-state index contributed by atoms with van der Waals surface area (Å²) in [7, 11) is 0. The number of piperidine rings is 1. The molecular formula is C15H22N4O3. The minimum absolute atomic E-state index is 0.113. The molecule has 0 spiro atoms. The first kappa shape index (κ1) is 15.0. The van der Waals surface area contributed by atoms with Gasteiger partial charge in [0.1, 0.15) is 18.0 Å². The molecule has 1 aromatic heterocycles. The van der Waals surface area contributed by atoms with Crippen molar-refractivity contribution in [1.29, 1.82) is 0 Å². The van der Waals surface area contributed by atoms with Crippen molar-refractivity contribution < 1.29 is 15.0 Å². The summed E-state index contributed by atoms with van der Waals surface area (Å²) in [5.41, 5.74) is 0. The fraction of sp³-hybridized carbons (Fsp3) is 0.667. The summed E-state index contributed by atoms with van der Waals surface area (Å²) in [6, 6.07) is 2.03. The number of aliphatic hydroxyl groups is 1. The van der Waals surface area contributed by atoms with Crippen LogP contribution in [0.1, 0.15) is 25.7 Å². The minimum Gasteiger partial charge on any atom is -0.481 e. The highest BCUT2D eigenvalue weighted by Gasteiger charge is 2.29. The largest absolute Gasteiger partial charge is 0.481 e. The van der Waals surface area contributed by atoms with Crippen LogP contribution in [0.3, 0.4) is 0 Å². The molecule has 3 rings (SSSR count). The quantitative estimate of drug-likeness (QED) is 0.848. The van der Waals surface area contributed by atoms with Gasteiger partial charge in [0.25, 0.3) is 0 Å². The van der Waals surface area contributed by atoms with Crippen LogP contribution in [0.25, 0.3) is 0 Å². The number of carbonyl (C=O) groups is 1. The van der Waals surface area contributed by atoms with Gasteiger partial charge in [-0.3, -0.25) is 4.79 Å². The number of aromatic nitrogens is 2. The van der Waals surface area contributed by atoms with E-state index in [2.05, 4.69) is 14.9 Å². The zero-order valence-corrected chi connectivity index (χ0v) is 12.6. The van der Waals surface area contributed by atoms with Crippen molar-refractivity contribution in [1.82, 2.24) is 9.97 Å². The molecule has 120 valence electrons. The molecule has 3 heterocycles. The lowest BCUT2D eigenvalue weighted by molar-refractivity contribution is -0.140. The number of hydrogen-bond donors (Lipinski definition) is 2. The van der Waals surface area contributed by atoms with Gasteiger partial charge in [-0.2, -0.15) is 0 Å². The Balaban J connectivity index is 1.76. The van der Waals surface area contributed by atoms with Crippen LogP contribution in [0.5, 0.6) is 0 Å². The summed E-state index contributed by atoms with van der Waals surface area (Å²) in [5.74, 6) is 0.533. The highest BCUT2D eigenvalue weighted by atomic mass is 16.4. The number of aliphatic hydroxyl groups excluding tert-OH is 1. The van der Waals surface area contributed by atoms with Crippen molar-refractivity contribution in [3.05, 3.63) is 12.4 Å². The smallest absolute Gasteiger partial charge is 0.308 e. The van der Waals surface area contributed by atoms with Gasteiger partial charge >= 0.3 is 5.97 Å². The Morgan fingerprint density at radius 1 is 1.23 bits per heavy atom. The van der Waals surface area contributed by atoms with E-state index in [4.69, 9.17) is 5.11 Å². The van der Waals surface area contributed by atoms with E-state index < -0.39 is 5.97 Å². The predicted molar refractivity (Wildman–Crippen MR) is 82.1 cm³/mol. The second-order valence-electron chi connectivity index (χ2n) is 6.03. The van der Waals surface area contributed by atoms with E-state index in [0.717, 1.165) is 37.4 Å². The average molecular weight is 306 g/mol. The topological polar surface area (TPSA) is 89.8 Å². The van der Waals surface area contributed by atoms with Gasteiger partial charge in [-0.1, -0.05) is 0 Å². The molecule has 2 unspecified atom stereocenters. The molecular weight excluding hydrogens is 284 g/mol. The Hall–Kier alpha value is -1.89. The van der Waals surface area contributed by atoms with Gasteiger partial charge in [0.05, 0.1) is 18.6 Å². The second kappa shape index (κ2) is 6.48. The van der Waals surface area contributed by atoms with Crippen LogP contribution in [0.2, 0.25) is 0 Å². The van der Waals surface area contributed by atoms with Gasteiger partial charge in [-0.25, -0.2) is 9.97 Å². The van der Waals surface area contributed by atoms with Crippen molar-refractivity contribution in [3.63, 3.8) is 0 Å². The van der Waals surface area contributed by atoms with E-state index >= 15 is 0 Å². The molecule has 2 fully saturated rings. The van der Waals surface area contributed by atoms with E-state index in [0.29, 0.717) is 19.5 Å². The van der Waals surface area contributed by atoms with E-state index in [1.807, 2.05) is 11.0 Å². The highest BCUT2D eigenvalue weighted by molar-refractivity contribution is 5.72. The summed E-state index contributed by atoms with van der Waals surface area (Å²) in [6.45, 7) is 2.22. The van der Waals surface area contributed by atoms with Gasteiger partial charge in [-0.05, 0) is 25.7 Å². The number of nitrogens with zero attached hydrogens (tertiary/aromatic N) is 4. The fourth-order valence-corrected chi connectivity index (χ4v) is 3.33. The maximum Gasteiger partial charge on any atom is 0.308 e. The third-order valence-electron chi connectivity index (χ3n) is 4.63. The first-order valence-electron chi connectivity index (χ1n) is 7.86. The van der Waals surface area contributed by atoms with Crippen molar-refractivity contribution in [2.45, 2.75) is 31.7 Å². The van der Waals surface area contributed by atoms with Crippen molar-refractivity contribution in [2.75, 3.05) is 36.0 Å². The number of anilines is 2. The lowest BCUT2D eigenvalue weighted by Gasteiger charge is -2.35. The SMILES string of the molecule is O=C(O)C1CCN(c2cc(N3CCCCC3CO)ncn2)C1. The highest BCUT2D eigenvalue weighted by Crippen LogP contribution is 2.27. The lowest BCUT2D eigenvalue weighted by Crippen LogP contribution is -2.42. The number of carboxylic acids is 1. The summed E-state index contributed by atoms with van der Waals surface area (Å²) >= 11 is 0. The van der Waals surface area contributed by atoms with Crippen LogP contribution >= 0.6 is 0 Å². The molecule has 0 amide bonds. The summed E-state index contributed by atoms with van der Waals surface area (Å²) < 4.78 is 0. The molecule has 7 heteroatoms. The van der Waals surface area contributed by atoms with Crippen LogP contribution < -0.4 is 9.80 Å². The van der Waals surface area contributed by atoms with Gasteiger partial charge in [0, 0.05) is 25.7 Å². The first-order valence-corrected chi connectivity index (χ1v) is 7.86. The van der Waals surface area contributed by atoms with Gasteiger partial charge in [0.2, 0.25) is 0 Å². The molecule has 2 aliphatic rings. The summed E-state index contributed by atoms with van der Waals surface area (Å²) in [4.78, 5) is 23.9. The Bertz CT molecular complexity index is 539. The molecule has 0 aliphatic carbocycles. The molecule has 1 aromatic rings. The lowest BCUT2D eigenvalue weighted by atomic mass is 10.0. The maximum atomic E-state index is 11.1. The van der Waals surface area contributed by atoms with E-state index in [1.165, 1.54) is 6.33 Å². The second-order valence-corrected chi connectivity index (χ2v) is 6.03. The van der Waals surface area contributed by atoms with Crippen molar-refractivity contribution >= 4 is 17.6 Å². The van der Waals surface area contributed by atoms with Gasteiger partial charge < -0.3 is 20.0 Å². The zero-order chi connectivity index (χ0) is 15.5. The number of carboxylic acid groups (broad SMARTS) is 1. The molecule has 0 radical (unpaired) electrons. The summed E-state index contributed by atoms with van der Waals surface area (Å²) in [5, 5.41) is 18.6. The maximum absolute atomic E-state index is 11.1. The molecule has 0 saturated carbocycles.